The van der Waals surface area contributed by atoms with E-state index in [1.807, 2.05) is 0 Å². The zero-order valence-corrected chi connectivity index (χ0v) is 39.3. The quantitative estimate of drug-likeness (QED) is 0.0264. The second-order valence-corrected chi connectivity index (χ2v) is 15.2. The van der Waals surface area contributed by atoms with Gasteiger partial charge in [-0.1, -0.05) is 180 Å². The zero-order valence-electron chi connectivity index (χ0n) is 39.3. The largest absolute Gasteiger partial charge is 0.462 e. The molecule has 0 aromatic heterocycles. The number of allylic oxidation sites excluding steroid dienone is 22. The molecule has 1 atom stereocenters. The number of carbonyl (C=O) groups is 3. The molecule has 0 aromatic rings. The fourth-order valence-electron chi connectivity index (χ4n) is 5.79. The zero-order chi connectivity index (χ0) is 45.1. The fourth-order valence-corrected chi connectivity index (χ4v) is 5.79. The van der Waals surface area contributed by atoms with E-state index < -0.39 is 12.1 Å². The summed E-state index contributed by atoms with van der Waals surface area (Å²) in [4.78, 5) is 37.8. The lowest BCUT2D eigenvalue weighted by Crippen LogP contribution is -2.30. The Morgan fingerprint density at radius 1 is 0.339 bits per heavy atom. The average molecular weight is 855 g/mol. The number of unbranched alkanes of at least 4 members (excludes halogenated alkanes) is 8. The van der Waals surface area contributed by atoms with Crippen molar-refractivity contribution in [1.29, 1.82) is 0 Å². The Labute approximate surface area is 379 Å². The highest BCUT2D eigenvalue weighted by atomic mass is 16.6. The maximum Gasteiger partial charge on any atom is 0.306 e. The van der Waals surface area contributed by atoms with Gasteiger partial charge in [-0.05, 0) is 116 Å². The summed E-state index contributed by atoms with van der Waals surface area (Å²) in [6.45, 7) is 6.22. The van der Waals surface area contributed by atoms with E-state index in [9.17, 15) is 14.4 Å². The smallest absolute Gasteiger partial charge is 0.306 e. The van der Waals surface area contributed by atoms with Crippen LogP contribution in [0.25, 0.3) is 0 Å². The van der Waals surface area contributed by atoms with Gasteiger partial charge in [0.25, 0.3) is 0 Å². The van der Waals surface area contributed by atoms with Crippen LogP contribution >= 0.6 is 0 Å². The molecule has 0 aliphatic rings. The molecule has 0 bridgehead atoms. The molecule has 1 unspecified atom stereocenters. The third-order valence-corrected chi connectivity index (χ3v) is 9.37. The Bertz CT molecular complexity index is 1400. The second kappa shape index (κ2) is 49.2. The molecule has 0 radical (unpaired) electrons. The Morgan fingerprint density at radius 3 is 1.05 bits per heavy atom. The summed E-state index contributed by atoms with van der Waals surface area (Å²) in [6.07, 6.45) is 68.8. The predicted molar refractivity (Wildman–Crippen MR) is 265 cm³/mol. The van der Waals surface area contributed by atoms with Gasteiger partial charge in [0.1, 0.15) is 13.2 Å². The Kier molecular flexibility index (Phi) is 45.7. The van der Waals surface area contributed by atoms with E-state index in [1.165, 1.54) is 12.8 Å². The normalized spacial score (nSPS) is 13.3. The first-order chi connectivity index (χ1) is 30.5. The molecule has 0 heterocycles. The van der Waals surface area contributed by atoms with Crippen molar-refractivity contribution in [2.45, 2.75) is 187 Å². The summed E-state index contributed by atoms with van der Waals surface area (Å²) < 4.78 is 16.6. The van der Waals surface area contributed by atoms with E-state index in [1.54, 1.807) is 0 Å². The number of rotatable bonds is 41. The highest BCUT2D eigenvalue weighted by Gasteiger charge is 2.19. The third kappa shape index (κ3) is 46.6. The van der Waals surface area contributed by atoms with Gasteiger partial charge in [-0.2, -0.15) is 0 Å². The summed E-state index contributed by atoms with van der Waals surface area (Å²) >= 11 is 0. The maximum atomic E-state index is 12.7. The fraction of sp³-hybridized carbons (Fsp3) is 0.554. The average Bonchev–Trinajstić information content (AvgIpc) is 3.27. The van der Waals surface area contributed by atoms with Crippen LogP contribution in [0.3, 0.4) is 0 Å². The summed E-state index contributed by atoms with van der Waals surface area (Å²) in [5.74, 6) is -1.08. The van der Waals surface area contributed by atoms with Gasteiger partial charge in [-0.15, -0.1) is 0 Å². The van der Waals surface area contributed by atoms with E-state index >= 15 is 0 Å². The first kappa shape index (κ1) is 57.5. The van der Waals surface area contributed by atoms with Crippen molar-refractivity contribution in [2.24, 2.45) is 0 Å². The van der Waals surface area contributed by atoms with Crippen LogP contribution in [0.5, 0.6) is 0 Å². The molecule has 0 aliphatic heterocycles. The van der Waals surface area contributed by atoms with Crippen LogP contribution in [0.1, 0.15) is 181 Å². The van der Waals surface area contributed by atoms with Gasteiger partial charge in [-0.3, -0.25) is 14.4 Å². The van der Waals surface area contributed by atoms with Crippen LogP contribution in [-0.2, 0) is 28.6 Å². The molecule has 0 N–H and O–H groups in total. The van der Waals surface area contributed by atoms with Gasteiger partial charge in [0.15, 0.2) is 6.10 Å². The van der Waals surface area contributed by atoms with E-state index in [2.05, 4.69) is 154 Å². The highest BCUT2D eigenvalue weighted by Crippen LogP contribution is 2.10. The van der Waals surface area contributed by atoms with Crippen molar-refractivity contribution in [1.82, 2.24) is 0 Å². The molecule has 0 aliphatic carbocycles. The number of hydrogen-bond donors (Lipinski definition) is 0. The van der Waals surface area contributed by atoms with Crippen molar-refractivity contribution in [2.75, 3.05) is 13.2 Å². The first-order valence-corrected chi connectivity index (χ1v) is 24.2. The maximum absolute atomic E-state index is 12.7. The SMILES string of the molecule is CC/C=C\C/C=C\C/C=C\C/C=C\C/C=C\CCCC(=O)OCC(COC(=O)CCCCCC/C=C\CCCC)OC(=O)CCC/C=C\C/C=C\C/C=C\C/C=C\C/C=C\CC. The standard InChI is InChI=1S/C56H86O6/c1-4-7-10-13-16-19-22-24-26-28-30-32-34-37-40-43-46-49-55(58)61-52-53(51-60-54(57)48-45-42-39-36-21-18-15-12-9-6-3)62-56(59)50-47-44-41-38-35-33-31-29-27-25-23-20-17-14-11-8-5-2/h7-8,10-11,15-20,24-27,30-33,37-38,40-41,53H,4-6,9,12-14,21-23,28-29,34-36,39,42-52H2,1-3H3/b10-7-,11-8-,18-15-,19-16-,20-17-,26-24-,27-25-,32-30-,33-31-,40-37-,41-38-. The molecular formula is C56H86O6. The number of ether oxygens (including phenoxy) is 3. The monoisotopic (exact) mass is 855 g/mol. The molecule has 0 rings (SSSR count). The number of hydrogen-bond acceptors (Lipinski definition) is 6. The molecule has 0 fully saturated rings. The molecular weight excluding hydrogens is 769 g/mol. The van der Waals surface area contributed by atoms with E-state index in [0.717, 1.165) is 116 Å². The minimum absolute atomic E-state index is 0.130. The van der Waals surface area contributed by atoms with Crippen molar-refractivity contribution < 1.29 is 28.6 Å². The van der Waals surface area contributed by atoms with Crippen LogP contribution < -0.4 is 0 Å². The number of carbonyl (C=O) groups excluding carboxylic acids is 3. The van der Waals surface area contributed by atoms with Gasteiger partial charge in [0, 0.05) is 19.3 Å². The predicted octanol–water partition coefficient (Wildman–Crippen LogP) is 15.9. The van der Waals surface area contributed by atoms with Gasteiger partial charge in [0.2, 0.25) is 0 Å². The van der Waals surface area contributed by atoms with Crippen molar-refractivity contribution in [3.63, 3.8) is 0 Å². The molecule has 62 heavy (non-hydrogen) atoms. The van der Waals surface area contributed by atoms with Gasteiger partial charge in [-0.25, -0.2) is 0 Å². The summed E-state index contributed by atoms with van der Waals surface area (Å²) in [5.41, 5.74) is 0. The molecule has 0 spiro atoms. The molecule has 6 nitrogen and oxygen atoms in total. The van der Waals surface area contributed by atoms with Crippen LogP contribution in [0.15, 0.2) is 134 Å². The van der Waals surface area contributed by atoms with Crippen LogP contribution in [0.4, 0.5) is 0 Å². The van der Waals surface area contributed by atoms with E-state index in [0.29, 0.717) is 19.3 Å². The summed E-state index contributed by atoms with van der Waals surface area (Å²) in [5, 5.41) is 0. The summed E-state index contributed by atoms with van der Waals surface area (Å²) in [6, 6.07) is 0. The van der Waals surface area contributed by atoms with Gasteiger partial charge < -0.3 is 14.2 Å². The lowest BCUT2D eigenvalue weighted by Gasteiger charge is -2.18. The van der Waals surface area contributed by atoms with Crippen molar-refractivity contribution in [3.05, 3.63) is 134 Å². The van der Waals surface area contributed by atoms with Crippen LogP contribution in [0.2, 0.25) is 0 Å². The number of esters is 3. The van der Waals surface area contributed by atoms with E-state index in [4.69, 9.17) is 14.2 Å². The van der Waals surface area contributed by atoms with Crippen LogP contribution in [0, 0.1) is 0 Å². The van der Waals surface area contributed by atoms with Gasteiger partial charge >= 0.3 is 17.9 Å². The second-order valence-electron chi connectivity index (χ2n) is 15.2. The molecule has 6 heteroatoms. The third-order valence-electron chi connectivity index (χ3n) is 9.37. The Morgan fingerprint density at radius 2 is 0.645 bits per heavy atom. The van der Waals surface area contributed by atoms with E-state index in [-0.39, 0.29) is 38.0 Å². The summed E-state index contributed by atoms with van der Waals surface area (Å²) in [7, 11) is 0. The Balaban J connectivity index is 4.60. The first-order valence-electron chi connectivity index (χ1n) is 24.2. The molecule has 0 saturated heterocycles. The highest BCUT2D eigenvalue weighted by molar-refractivity contribution is 5.71. The Hall–Kier alpha value is -4.45. The topological polar surface area (TPSA) is 78.9 Å². The minimum atomic E-state index is -0.838. The molecule has 0 amide bonds. The van der Waals surface area contributed by atoms with Crippen LogP contribution in [-0.4, -0.2) is 37.2 Å². The minimum Gasteiger partial charge on any atom is -0.462 e. The lowest BCUT2D eigenvalue weighted by atomic mass is 10.1. The lowest BCUT2D eigenvalue weighted by molar-refractivity contribution is -0.167. The van der Waals surface area contributed by atoms with Crippen molar-refractivity contribution in [3.8, 4) is 0 Å². The molecule has 346 valence electrons. The van der Waals surface area contributed by atoms with Crippen molar-refractivity contribution >= 4 is 17.9 Å². The van der Waals surface area contributed by atoms with Gasteiger partial charge in [0.05, 0.1) is 0 Å². The molecule has 0 aromatic carbocycles. The molecule has 0 saturated carbocycles.